The van der Waals surface area contributed by atoms with Gasteiger partial charge in [-0.2, -0.15) is 0 Å². The van der Waals surface area contributed by atoms with E-state index in [0.717, 1.165) is 0 Å². The molecule has 0 fully saturated rings. The number of nitrogens with one attached hydrogen (secondary N) is 3. The first-order chi connectivity index (χ1) is 13.1. The SMILES string of the molecule is CC(C)NC(=O)Nc1ccc(Oc2ccc(NC(=O)OC(C)(C)C)cc2)cc1. The maximum Gasteiger partial charge on any atom is 0.412 e. The van der Waals surface area contributed by atoms with Crippen molar-refractivity contribution in [1.82, 2.24) is 5.32 Å². The highest BCUT2D eigenvalue weighted by Gasteiger charge is 2.16. The normalized spacial score (nSPS) is 10.9. The second-order valence-corrected chi connectivity index (χ2v) is 7.53. The van der Waals surface area contributed by atoms with Crippen LogP contribution in [0.1, 0.15) is 34.6 Å². The minimum atomic E-state index is -0.552. The van der Waals surface area contributed by atoms with Gasteiger partial charge in [0.25, 0.3) is 0 Å². The van der Waals surface area contributed by atoms with E-state index in [-0.39, 0.29) is 12.1 Å². The molecule has 0 aliphatic heterocycles. The van der Waals surface area contributed by atoms with Crippen LogP contribution in [0.3, 0.4) is 0 Å². The number of ether oxygens (including phenoxy) is 2. The molecule has 0 spiro atoms. The number of rotatable bonds is 5. The van der Waals surface area contributed by atoms with Crippen LogP contribution in [0.4, 0.5) is 21.0 Å². The summed E-state index contributed by atoms with van der Waals surface area (Å²) in [6.07, 6.45) is -0.509. The van der Waals surface area contributed by atoms with Gasteiger partial charge in [0.15, 0.2) is 0 Å². The molecular weight excluding hydrogens is 358 g/mol. The van der Waals surface area contributed by atoms with Gasteiger partial charge < -0.3 is 20.1 Å². The predicted octanol–water partition coefficient (Wildman–Crippen LogP) is 5.36. The maximum atomic E-state index is 11.8. The molecule has 0 heterocycles. The van der Waals surface area contributed by atoms with Gasteiger partial charge in [-0.05, 0) is 83.1 Å². The molecule has 2 aromatic rings. The number of urea groups is 1. The van der Waals surface area contributed by atoms with E-state index in [1.54, 1.807) is 69.3 Å². The Balaban J connectivity index is 1.90. The van der Waals surface area contributed by atoms with Crippen molar-refractivity contribution in [3.8, 4) is 11.5 Å². The lowest BCUT2D eigenvalue weighted by Gasteiger charge is -2.19. The standard InChI is InChI=1S/C21H27N3O4/c1-14(2)22-19(25)23-15-6-10-17(11-7-15)27-18-12-8-16(9-13-18)24-20(26)28-21(3,4)5/h6-14H,1-5H3,(H,24,26)(H2,22,23,25). The molecule has 0 aromatic heterocycles. The second kappa shape index (κ2) is 9.12. The predicted molar refractivity (Wildman–Crippen MR) is 110 cm³/mol. The van der Waals surface area contributed by atoms with Crippen molar-refractivity contribution in [2.75, 3.05) is 10.6 Å². The molecule has 3 amide bonds. The number of anilines is 2. The Kier molecular flexibility index (Phi) is 6.87. The van der Waals surface area contributed by atoms with Crippen molar-refractivity contribution in [1.29, 1.82) is 0 Å². The van der Waals surface area contributed by atoms with Gasteiger partial charge in [0.1, 0.15) is 17.1 Å². The summed E-state index contributed by atoms with van der Waals surface area (Å²) in [6, 6.07) is 13.8. The number of carbonyl (C=O) groups is 2. The molecule has 0 atom stereocenters. The number of benzene rings is 2. The van der Waals surface area contributed by atoms with Crippen LogP contribution in [0.5, 0.6) is 11.5 Å². The summed E-state index contributed by atoms with van der Waals surface area (Å²) in [5.41, 5.74) is 0.726. The van der Waals surface area contributed by atoms with Crippen LogP contribution < -0.4 is 20.7 Å². The fourth-order valence-electron chi connectivity index (χ4n) is 2.20. The first kappa shape index (κ1) is 21.1. The van der Waals surface area contributed by atoms with Crippen LogP contribution >= 0.6 is 0 Å². The Morgan fingerprint density at radius 3 is 1.71 bits per heavy atom. The molecule has 0 radical (unpaired) electrons. The van der Waals surface area contributed by atoms with E-state index >= 15 is 0 Å². The average molecular weight is 385 g/mol. The van der Waals surface area contributed by atoms with Crippen molar-refractivity contribution in [3.63, 3.8) is 0 Å². The molecule has 0 aliphatic carbocycles. The van der Waals surface area contributed by atoms with Crippen molar-refractivity contribution < 1.29 is 19.1 Å². The summed E-state index contributed by atoms with van der Waals surface area (Å²) < 4.78 is 11.0. The molecule has 3 N–H and O–H groups in total. The Morgan fingerprint density at radius 1 is 0.821 bits per heavy atom. The molecule has 0 aliphatic rings. The highest BCUT2D eigenvalue weighted by Crippen LogP contribution is 2.24. The minimum Gasteiger partial charge on any atom is -0.457 e. The summed E-state index contributed by atoms with van der Waals surface area (Å²) in [5.74, 6) is 1.25. The Morgan fingerprint density at radius 2 is 1.29 bits per heavy atom. The van der Waals surface area contributed by atoms with Crippen LogP contribution in [0.25, 0.3) is 0 Å². The molecule has 0 unspecified atom stereocenters. The molecule has 28 heavy (non-hydrogen) atoms. The van der Waals surface area contributed by atoms with Gasteiger partial charge in [0, 0.05) is 17.4 Å². The van der Waals surface area contributed by atoms with Crippen molar-refractivity contribution in [2.45, 2.75) is 46.3 Å². The summed E-state index contributed by atoms with van der Waals surface area (Å²) in [5, 5.41) is 8.17. The van der Waals surface area contributed by atoms with E-state index < -0.39 is 11.7 Å². The van der Waals surface area contributed by atoms with E-state index in [1.165, 1.54) is 0 Å². The number of hydrogen-bond acceptors (Lipinski definition) is 4. The van der Waals surface area contributed by atoms with Gasteiger partial charge in [0.05, 0.1) is 0 Å². The first-order valence-electron chi connectivity index (χ1n) is 9.06. The highest BCUT2D eigenvalue weighted by atomic mass is 16.6. The third-order valence-electron chi connectivity index (χ3n) is 3.27. The van der Waals surface area contributed by atoms with Gasteiger partial charge >= 0.3 is 12.1 Å². The van der Waals surface area contributed by atoms with Crippen molar-refractivity contribution >= 4 is 23.5 Å². The van der Waals surface area contributed by atoms with E-state index in [2.05, 4.69) is 16.0 Å². The topological polar surface area (TPSA) is 88.7 Å². The monoisotopic (exact) mass is 385 g/mol. The second-order valence-electron chi connectivity index (χ2n) is 7.53. The smallest absolute Gasteiger partial charge is 0.412 e. The average Bonchev–Trinajstić information content (AvgIpc) is 2.56. The number of hydrogen-bond donors (Lipinski definition) is 3. The molecule has 7 nitrogen and oxygen atoms in total. The lowest BCUT2D eigenvalue weighted by atomic mass is 10.2. The highest BCUT2D eigenvalue weighted by molar-refractivity contribution is 5.89. The summed E-state index contributed by atoms with van der Waals surface area (Å²) in [7, 11) is 0. The van der Waals surface area contributed by atoms with E-state index in [1.807, 2.05) is 13.8 Å². The maximum absolute atomic E-state index is 11.8. The third-order valence-corrected chi connectivity index (χ3v) is 3.27. The van der Waals surface area contributed by atoms with Gasteiger partial charge in [-0.1, -0.05) is 0 Å². The van der Waals surface area contributed by atoms with Crippen LogP contribution in [0.15, 0.2) is 48.5 Å². The van der Waals surface area contributed by atoms with Crippen molar-refractivity contribution in [3.05, 3.63) is 48.5 Å². The van der Waals surface area contributed by atoms with E-state index in [4.69, 9.17) is 9.47 Å². The molecular formula is C21H27N3O4. The fourth-order valence-corrected chi connectivity index (χ4v) is 2.20. The molecule has 2 aromatic carbocycles. The lowest BCUT2D eigenvalue weighted by molar-refractivity contribution is 0.0636. The zero-order chi connectivity index (χ0) is 20.7. The fraction of sp³-hybridized carbons (Fsp3) is 0.333. The zero-order valence-electron chi connectivity index (χ0n) is 16.8. The quantitative estimate of drug-likeness (QED) is 0.647. The van der Waals surface area contributed by atoms with E-state index in [0.29, 0.717) is 22.9 Å². The first-order valence-corrected chi connectivity index (χ1v) is 9.06. The van der Waals surface area contributed by atoms with Gasteiger partial charge in [0.2, 0.25) is 0 Å². The lowest BCUT2D eigenvalue weighted by Crippen LogP contribution is -2.34. The van der Waals surface area contributed by atoms with Crippen LogP contribution in [-0.4, -0.2) is 23.8 Å². The summed E-state index contributed by atoms with van der Waals surface area (Å²) in [4.78, 5) is 23.5. The van der Waals surface area contributed by atoms with Gasteiger partial charge in [-0.3, -0.25) is 5.32 Å². The molecule has 0 saturated carbocycles. The number of amides is 3. The Labute approximate surface area is 165 Å². The van der Waals surface area contributed by atoms with Gasteiger partial charge in [-0.25, -0.2) is 9.59 Å². The summed E-state index contributed by atoms with van der Waals surface area (Å²) >= 11 is 0. The van der Waals surface area contributed by atoms with Crippen LogP contribution in [-0.2, 0) is 4.74 Å². The van der Waals surface area contributed by atoms with Crippen LogP contribution in [0.2, 0.25) is 0 Å². The Hall–Kier alpha value is -3.22. The van der Waals surface area contributed by atoms with Crippen LogP contribution in [0, 0.1) is 0 Å². The van der Waals surface area contributed by atoms with Crippen molar-refractivity contribution in [2.24, 2.45) is 0 Å². The van der Waals surface area contributed by atoms with Gasteiger partial charge in [-0.15, -0.1) is 0 Å². The molecule has 2 rings (SSSR count). The largest absolute Gasteiger partial charge is 0.457 e. The molecule has 0 bridgehead atoms. The summed E-state index contributed by atoms with van der Waals surface area (Å²) in [6.45, 7) is 9.21. The number of carbonyl (C=O) groups excluding carboxylic acids is 2. The zero-order valence-corrected chi connectivity index (χ0v) is 16.8. The third kappa shape index (κ3) is 7.57. The van der Waals surface area contributed by atoms with E-state index in [9.17, 15) is 9.59 Å². The minimum absolute atomic E-state index is 0.0652. The Bertz CT molecular complexity index is 794. The molecule has 150 valence electrons. The molecule has 0 saturated heterocycles. The molecule has 7 heteroatoms.